The molecule has 2 rings (SSSR count). The highest BCUT2D eigenvalue weighted by atomic mass is 16.7. The third-order valence-corrected chi connectivity index (χ3v) is 2.52. The number of nitro benzene ring substituents is 1. The number of esters is 1. The van der Waals surface area contributed by atoms with Crippen LogP contribution in [0, 0.1) is 10.1 Å². The van der Waals surface area contributed by atoms with Crippen LogP contribution in [0.2, 0.25) is 0 Å². The van der Waals surface area contributed by atoms with E-state index in [1.165, 1.54) is 25.3 Å². The summed E-state index contributed by atoms with van der Waals surface area (Å²) in [4.78, 5) is 21.8. The highest BCUT2D eigenvalue weighted by molar-refractivity contribution is 5.90. The molecular formula is C11H11NO6. The van der Waals surface area contributed by atoms with Gasteiger partial charge >= 0.3 is 5.97 Å². The summed E-state index contributed by atoms with van der Waals surface area (Å²) in [6.45, 7) is 0.731. The van der Waals surface area contributed by atoms with Crippen LogP contribution in [0.15, 0.2) is 18.2 Å². The van der Waals surface area contributed by atoms with Gasteiger partial charge in [-0.1, -0.05) is 0 Å². The molecule has 1 aromatic carbocycles. The zero-order valence-electron chi connectivity index (χ0n) is 9.62. The molecule has 0 N–H and O–H groups in total. The topological polar surface area (TPSA) is 87.9 Å². The van der Waals surface area contributed by atoms with Crippen molar-refractivity contribution in [3.63, 3.8) is 0 Å². The van der Waals surface area contributed by atoms with Gasteiger partial charge in [-0.25, -0.2) is 4.79 Å². The van der Waals surface area contributed by atoms with Crippen molar-refractivity contribution in [1.29, 1.82) is 0 Å². The maximum atomic E-state index is 11.4. The Bertz CT molecular complexity index is 480. The maximum Gasteiger partial charge on any atom is 0.337 e. The van der Waals surface area contributed by atoms with Crippen molar-refractivity contribution in [2.75, 3.05) is 20.3 Å². The van der Waals surface area contributed by atoms with Gasteiger partial charge in [0, 0.05) is 6.07 Å². The number of carbonyl (C=O) groups is 1. The molecule has 0 unspecified atom stereocenters. The van der Waals surface area contributed by atoms with E-state index in [4.69, 9.17) is 9.47 Å². The van der Waals surface area contributed by atoms with E-state index in [2.05, 4.69) is 4.74 Å². The van der Waals surface area contributed by atoms with Crippen LogP contribution < -0.4 is 0 Å². The van der Waals surface area contributed by atoms with Crippen molar-refractivity contribution in [3.8, 4) is 0 Å². The first-order chi connectivity index (χ1) is 8.63. The largest absolute Gasteiger partial charge is 0.465 e. The van der Waals surface area contributed by atoms with Crippen molar-refractivity contribution < 1.29 is 23.9 Å². The Morgan fingerprint density at radius 3 is 2.67 bits per heavy atom. The summed E-state index contributed by atoms with van der Waals surface area (Å²) in [6.07, 6.45) is -0.810. The molecule has 7 heteroatoms. The molecule has 0 aromatic heterocycles. The molecule has 0 spiro atoms. The lowest BCUT2D eigenvalue weighted by Gasteiger charge is -2.10. The Labute approximate surface area is 102 Å². The van der Waals surface area contributed by atoms with Gasteiger partial charge in [0.2, 0.25) is 0 Å². The number of nitrogens with zero attached hydrogens (tertiary/aromatic N) is 1. The molecule has 0 radical (unpaired) electrons. The predicted molar refractivity (Wildman–Crippen MR) is 59.1 cm³/mol. The quantitative estimate of drug-likeness (QED) is 0.460. The molecule has 0 aliphatic carbocycles. The van der Waals surface area contributed by atoms with Gasteiger partial charge in [-0.2, -0.15) is 0 Å². The second kappa shape index (κ2) is 5.11. The maximum absolute atomic E-state index is 11.4. The van der Waals surface area contributed by atoms with E-state index >= 15 is 0 Å². The third-order valence-electron chi connectivity index (χ3n) is 2.52. The number of methoxy groups -OCH3 is 1. The molecule has 96 valence electrons. The first kappa shape index (κ1) is 12.5. The molecule has 18 heavy (non-hydrogen) atoms. The number of benzene rings is 1. The zero-order chi connectivity index (χ0) is 13.1. The SMILES string of the molecule is COC(=O)c1ccc([N+](=O)[O-])c(C2OCCO2)c1. The van der Waals surface area contributed by atoms with Crippen molar-refractivity contribution in [2.24, 2.45) is 0 Å². The monoisotopic (exact) mass is 253 g/mol. The fourth-order valence-electron chi connectivity index (χ4n) is 1.69. The Balaban J connectivity index is 2.43. The normalized spacial score (nSPS) is 15.6. The van der Waals surface area contributed by atoms with E-state index in [-0.39, 0.29) is 16.8 Å². The zero-order valence-corrected chi connectivity index (χ0v) is 9.62. The minimum atomic E-state index is -0.810. The van der Waals surface area contributed by atoms with Crippen LogP contribution >= 0.6 is 0 Å². The lowest BCUT2D eigenvalue weighted by molar-refractivity contribution is -0.386. The smallest absolute Gasteiger partial charge is 0.337 e. The van der Waals surface area contributed by atoms with Crippen LogP contribution in [0.25, 0.3) is 0 Å². The number of nitro groups is 1. The summed E-state index contributed by atoms with van der Waals surface area (Å²) in [6, 6.07) is 3.94. The summed E-state index contributed by atoms with van der Waals surface area (Å²) in [7, 11) is 1.24. The average molecular weight is 253 g/mol. The van der Waals surface area contributed by atoms with Crippen LogP contribution in [-0.4, -0.2) is 31.2 Å². The van der Waals surface area contributed by atoms with E-state index < -0.39 is 17.2 Å². The second-order valence-electron chi connectivity index (χ2n) is 3.60. The minimum absolute atomic E-state index is 0.144. The fourth-order valence-corrected chi connectivity index (χ4v) is 1.69. The molecule has 1 fully saturated rings. The molecule has 0 atom stereocenters. The Morgan fingerprint density at radius 1 is 1.44 bits per heavy atom. The number of hydrogen-bond donors (Lipinski definition) is 0. The Kier molecular flexibility index (Phi) is 3.54. The summed E-state index contributed by atoms with van der Waals surface area (Å²) in [5, 5.41) is 10.9. The van der Waals surface area contributed by atoms with Gasteiger partial charge in [0.05, 0.1) is 36.4 Å². The van der Waals surface area contributed by atoms with Crippen LogP contribution in [0.4, 0.5) is 5.69 Å². The van der Waals surface area contributed by atoms with Gasteiger partial charge < -0.3 is 14.2 Å². The van der Waals surface area contributed by atoms with Gasteiger partial charge in [0.25, 0.3) is 5.69 Å². The van der Waals surface area contributed by atoms with E-state index in [9.17, 15) is 14.9 Å². The highest BCUT2D eigenvalue weighted by Crippen LogP contribution is 2.31. The van der Waals surface area contributed by atoms with Gasteiger partial charge in [0.1, 0.15) is 0 Å². The molecule has 1 saturated heterocycles. The second-order valence-corrected chi connectivity index (χ2v) is 3.60. The van der Waals surface area contributed by atoms with E-state index in [0.29, 0.717) is 13.2 Å². The van der Waals surface area contributed by atoms with Crippen molar-refractivity contribution >= 4 is 11.7 Å². The van der Waals surface area contributed by atoms with Crippen molar-refractivity contribution in [3.05, 3.63) is 39.4 Å². The predicted octanol–water partition coefficient (Wildman–Crippen LogP) is 1.43. The first-order valence-corrected chi connectivity index (χ1v) is 5.23. The van der Waals surface area contributed by atoms with Gasteiger partial charge in [0.15, 0.2) is 6.29 Å². The molecule has 1 aromatic rings. The van der Waals surface area contributed by atoms with Crippen LogP contribution in [0.1, 0.15) is 22.2 Å². The summed E-state index contributed by atoms with van der Waals surface area (Å²) in [5.41, 5.74) is 0.298. The van der Waals surface area contributed by atoms with E-state index in [1.54, 1.807) is 0 Å². The van der Waals surface area contributed by atoms with Gasteiger partial charge in [-0.3, -0.25) is 10.1 Å². The standard InChI is InChI=1S/C11H11NO6/c1-16-10(13)7-2-3-9(12(14)15)8(6-7)11-17-4-5-18-11/h2-3,6,11H,4-5H2,1H3. The fraction of sp³-hybridized carbons (Fsp3) is 0.364. The number of hydrogen-bond acceptors (Lipinski definition) is 6. The van der Waals surface area contributed by atoms with Crippen molar-refractivity contribution in [2.45, 2.75) is 6.29 Å². The Hall–Kier alpha value is -1.99. The lowest BCUT2D eigenvalue weighted by atomic mass is 10.1. The molecule has 0 amide bonds. The number of carbonyl (C=O) groups excluding carboxylic acids is 1. The van der Waals surface area contributed by atoms with Crippen LogP contribution in [0.3, 0.4) is 0 Å². The summed E-state index contributed by atoms with van der Waals surface area (Å²) < 4.78 is 15.0. The molecule has 1 aliphatic rings. The minimum Gasteiger partial charge on any atom is -0.465 e. The molecule has 1 aliphatic heterocycles. The van der Waals surface area contributed by atoms with Crippen molar-refractivity contribution in [1.82, 2.24) is 0 Å². The molecule has 1 heterocycles. The average Bonchev–Trinajstić information content (AvgIpc) is 2.90. The van der Waals surface area contributed by atoms with Gasteiger partial charge in [-0.05, 0) is 12.1 Å². The summed E-state index contributed by atoms with van der Waals surface area (Å²) in [5.74, 6) is -0.566. The number of rotatable bonds is 3. The molecule has 0 bridgehead atoms. The highest BCUT2D eigenvalue weighted by Gasteiger charge is 2.28. The van der Waals surface area contributed by atoms with E-state index in [1.807, 2.05) is 0 Å². The van der Waals surface area contributed by atoms with Crippen LogP contribution in [0.5, 0.6) is 0 Å². The van der Waals surface area contributed by atoms with Gasteiger partial charge in [-0.15, -0.1) is 0 Å². The Morgan fingerprint density at radius 2 is 2.11 bits per heavy atom. The number of ether oxygens (including phenoxy) is 3. The lowest BCUT2D eigenvalue weighted by Crippen LogP contribution is -2.07. The molecule has 7 nitrogen and oxygen atoms in total. The molecular weight excluding hydrogens is 242 g/mol. The van der Waals surface area contributed by atoms with Crippen LogP contribution in [-0.2, 0) is 14.2 Å². The van der Waals surface area contributed by atoms with E-state index in [0.717, 1.165) is 0 Å². The first-order valence-electron chi connectivity index (χ1n) is 5.23. The third kappa shape index (κ3) is 2.31. The molecule has 0 saturated carbocycles. The summed E-state index contributed by atoms with van der Waals surface area (Å²) >= 11 is 0.